The van der Waals surface area contributed by atoms with E-state index in [-0.39, 0.29) is 5.75 Å². The summed E-state index contributed by atoms with van der Waals surface area (Å²) in [5.74, 6) is -1.00. The van der Waals surface area contributed by atoms with Crippen molar-refractivity contribution in [2.75, 3.05) is 0 Å². The van der Waals surface area contributed by atoms with Gasteiger partial charge in [0.2, 0.25) is 0 Å². The van der Waals surface area contributed by atoms with Crippen molar-refractivity contribution in [1.82, 2.24) is 0 Å². The molecule has 1 rings (SSSR count). The number of halogens is 1. The summed E-state index contributed by atoms with van der Waals surface area (Å²) >= 11 is 0. The molecule has 2 N–H and O–H groups in total. The van der Waals surface area contributed by atoms with Crippen molar-refractivity contribution in [1.29, 1.82) is 0 Å². The maximum absolute atomic E-state index is 12.7. The monoisotopic (exact) mass is 170 g/mol. The van der Waals surface area contributed by atoms with Crippen LogP contribution in [0.2, 0.25) is 0 Å². The molecule has 1 aromatic rings. The van der Waals surface area contributed by atoms with Gasteiger partial charge in [-0.3, -0.25) is 0 Å². The lowest BCUT2D eigenvalue weighted by molar-refractivity contribution is 0.195. The molecule has 1 aromatic carbocycles. The minimum absolute atomic E-state index is 0.357. The van der Waals surface area contributed by atoms with Crippen LogP contribution in [0.25, 0.3) is 0 Å². The molecule has 0 aromatic heterocycles. The SMILES string of the molecule is C[C@@H](O)Cc1ccc(O)c(F)c1. The zero-order chi connectivity index (χ0) is 9.14. The maximum atomic E-state index is 12.7. The Balaban J connectivity index is 2.82. The van der Waals surface area contributed by atoms with E-state index in [1.165, 1.54) is 12.1 Å². The van der Waals surface area contributed by atoms with Crippen LogP contribution in [0.4, 0.5) is 4.39 Å². The van der Waals surface area contributed by atoms with Gasteiger partial charge in [-0.05, 0) is 31.0 Å². The van der Waals surface area contributed by atoms with Crippen molar-refractivity contribution in [3.8, 4) is 5.75 Å². The Labute approximate surface area is 70.3 Å². The van der Waals surface area contributed by atoms with Crippen LogP contribution in [-0.2, 0) is 6.42 Å². The van der Waals surface area contributed by atoms with Crippen LogP contribution in [0.3, 0.4) is 0 Å². The quantitative estimate of drug-likeness (QED) is 0.705. The first kappa shape index (κ1) is 9.00. The number of aliphatic hydroxyl groups is 1. The fourth-order valence-electron chi connectivity index (χ4n) is 1.02. The molecular formula is C9H11FO2. The molecule has 0 heterocycles. The Morgan fingerprint density at radius 2 is 2.17 bits per heavy atom. The second-order valence-electron chi connectivity index (χ2n) is 2.84. The minimum atomic E-state index is -0.645. The van der Waals surface area contributed by atoms with Gasteiger partial charge in [-0.15, -0.1) is 0 Å². The van der Waals surface area contributed by atoms with E-state index in [1.807, 2.05) is 0 Å². The van der Waals surface area contributed by atoms with E-state index in [9.17, 15) is 4.39 Å². The first-order valence-electron chi connectivity index (χ1n) is 3.75. The molecule has 1 atom stereocenters. The zero-order valence-electron chi connectivity index (χ0n) is 6.79. The van der Waals surface area contributed by atoms with Gasteiger partial charge in [-0.2, -0.15) is 0 Å². The van der Waals surface area contributed by atoms with Crippen molar-refractivity contribution in [3.05, 3.63) is 29.6 Å². The Kier molecular flexibility index (Phi) is 2.65. The van der Waals surface area contributed by atoms with Gasteiger partial charge in [-0.25, -0.2) is 4.39 Å². The third-order valence-corrected chi connectivity index (χ3v) is 1.54. The molecule has 0 spiro atoms. The third-order valence-electron chi connectivity index (χ3n) is 1.54. The van der Waals surface area contributed by atoms with E-state index >= 15 is 0 Å². The molecule has 0 saturated heterocycles. The summed E-state index contributed by atoms with van der Waals surface area (Å²) in [6.07, 6.45) is -0.0917. The molecule has 0 aliphatic rings. The third kappa shape index (κ3) is 2.20. The summed E-state index contributed by atoms with van der Waals surface area (Å²) in [5.41, 5.74) is 0.681. The van der Waals surface area contributed by atoms with Crippen molar-refractivity contribution >= 4 is 0 Å². The number of phenols is 1. The van der Waals surface area contributed by atoms with E-state index in [4.69, 9.17) is 10.2 Å². The Morgan fingerprint density at radius 1 is 1.50 bits per heavy atom. The van der Waals surface area contributed by atoms with E-state index < -0.39 is 11.9 Å². The standard InChI is InChI=1S/C9H11FO2/c1-6(11)4-7-2-3-9(12)8(10)5-7/h2-3,5-6,11-12H,4H2,1H3/t6-/m1/s1. The maximum Gasteiger partial charge on any atom is 0.165 e. The van der Waals surface area contributed by atoms with Crippen LogP contribution >= 0.6 is 0 Å². The van der Waals surface area contributed by atoms with Crippen LogP contribution in [0.5, 0.6) is 5.75 Å². The van der Waals surface area contributed by atoms with Crippen LogP contribution < -0.4 is 0 Å². The molecule has 0 aliphatic heterocycles. The van der Waals surface area contributed by atoms with Crippen LogP contribution in [0.1, 0.15) is 12.5 Å². The topological polar surface area (TPSA) is 40.5 Å². The van der Waals surface area contributed by atoms with Crippen molar-refractivity contribution < 1.29 is 14.6 Å². The number of phenolic OH excluding ortho intramolecular Hbond substituents is 1. The molecule has 3 heteroatoms. The van der Waals surface area contributed by atoms with Gasteiger partial charge >= 0.3 is 0 Å². The molecule has 0 aliphatic carbocycles. The average molecular weight is 170 g/mol. The molecule has 0 saturated carbocycles. The van der Waals surface area contributed by atoms with Crippen LogP contribution in [0.15, 0.2) is 18.2 Å². The molecule has 66 valence electrons. The van der Waals surface area contributed by atoms with Gasteiger partial charge in [0.1, 0.15) is 0 Å². The fraction of sp³-hybridized carbons (Fsp3) is 0.333. The lowest BCUT2D eigenvalue weighted by atomic mass is 10.1. The molecule has 0 amide bonds. The zero-order valence-corrected chi connectivity index (χ0v) is 6.79. The normalized spacial score (nSPS) is 12.9. The van der Waals surface area contributed by atoms with E-state index in [0.29, 0.717) is 12.0 Å². The minimum Gasteiger partial charge on any atom is -0.505 e. The van der Waals surface area contributed by atoms with Crippen LogP contribution in [0, 0.1) is 5.82 Å². The lowest BCUT2D eigenvalue weighted by Crippen LogP contribution is -2.04. The fourth-order valence-corrected chi connectivity index (χ4v) is 1.02. The van der Waals surface area contributed by atoms with Crippen molar-refractivity contribution in [2.24, 2.45) is 0 Å². The summed E-state index contributed by atoms with van der Waals surface area (Å²) in [6.45, 7) is 1.63. The first-order chi connectivity index (χ1) is 5.59. The Bertz CT molecular complexity index is 271. The second kappa shape index (κ2) is 3.54. The van der Waals surface area contributed by atoms with Crippen molar-refractivity contribution in [2.45, 2.75) is 19.4 Å². The van der Waals surface area contributed by atoms with Gasteiger partial charge in [0, 0.05) is 0 Å². The summed E-state index contributed by atoms with van der Waals surface area (Å²) in [7, 11) is 0. The molecule has 0 bridgehead atoms. The highest BCUT2D eigenvalue weighted by molar-refractivity contribution is 5.28. The van der Waals surface area contributed by atoms with Gasteiger partial charge in [-0.1, -0.05) is 6.07 Å². The van der Waals surface area contributed by atoms with E-state index in [2.05, 4.69) is 0 Å². The number of benzene rings is 1. The molecule has 0 unspecified atom stereocenters. The largest absolute Gasteiger partial charge is 0.505 e. The predicted molar refractivity (Wildman–Crippen MR) is 43.4 cm³/mol. The smallest absolute Gasteiger partial charge is 0.165 e. The summed E-state index contributed by atoms with van der Waals surface area (Å²) in [5, 5.41) is 17.8. The van der Waals surface area contributed by atoms with Crippen LogP contribution in [-0.4, -0.2) is 16.3 Å². The van der Waals surface area contributed by atoms with Gasteiger partial charge in [0.25, 0.3) is 0 Å². The van der Waals surface area contributed by atoms with E-state index in [0.717, 1.165) is 0 Å². The number of hydrogen-bond donors (Lipinski definition) is 2. The summed E-state index contributed by atoms with van der Waals surface area (Å²) in [4.78, 5) is 0. The number of aromatic hydroxyl groups is 1. The number of hydrogen-bond acceptors (Lipinski definition) is 2. The molecule has 12 heavy (non-hydrogen) atoms. The highest BCUT2D eigenvalue weighted by atomic mass is 19.1. The average Bonchev–Trinajstić information content (AvgIpc) is 1.96. The second-order valence-corrected chi connectivity index (χ2v) is 2.84. The molecule has 2 nitrogen and oxygen atoms in total. The highest BCUT2D eigenvalue weighted by Crippen LogP contribution is 2.16. The molecular weight excluding hydrogens is 159 g/mol. The number of rotatable bonds is 2. The Hall–Kier alpha value is -1.09. The molecule has 0 fully saturated rings. The summed E-state index contributed by atoms with van der Waals surface area (Å²) in [6, 6.07) is 4.10. The highest BCUT2D eigenvalue weighted by Gasteiger charge is 2.03. The van der Waals surface area contributed by atoms with Gasteiger partial charge in [0.15, 0.2) is 11.6 Å². The van der Waals surface area contributed by atoms with Crippen molar-refractivity contribution in [3.63, 3.8) is 0 Å². The molecule has 0 radical (unpaired) electrons. The Morgan fingerprint density at radius 3 is 2.67 bits per heavy atom. The lowest BCUT2D eigenvalue weighted by Gasteiger charge is -2.04. The first-order valence-corrected chi connectivity index (χ1v) is 3.75. The van der Waals surface area contributed by atoms with Gasteiger partial charge in [0.05, 0.1) is 6.10 Å². The summed E-state index contributed by atoms with van der Waals surface area (Å²) < 4.78 is 12.7. The predicted octanol–water partition coefficient (Wildman–Crippen LogP) is 1.45. The van der Waals surface area contributed by atoms with Gasteiger partial charge < -0.3 is 10.2 Å². The number of aliphatic hydroxyl groups excluding tert-OH is 1. The van der Waals surface area contributed by atoms with E-state index in [1.54, 1.807) is 13.0 Å².